The van der Waals surface area contributed by atoms with Gasteiger partial charge in [-0.3, -0.25) is 0 Å². The number of hydrogen-bond acceptors (Lipinski definition) is 1. The second-order valence-electron chi connectivity index (χ2n) is 3.46. The average Bonchev–Trinajstić information content (AvgIpc) is 2.80. The molecular formula is C13H15NO. The van der Waals surface area contributed by atoms with E-state index in [1.54, 1.807) is 7.11 Å². The Morgan fingerprint density at radius 3 is 2.53 bits per heavy atom. The maximum atomic E-state index is 5.11. The summed E-state index contributed by atoms with van der Waals surface area (Å²) >= 11 is 0. The first-order valence-corrected chi connectivity index (χ1v) is 5.12. The molecule has 78 valence electrons. The number of nitrogens with zero attached hydrogens (tertiary/aromatic N) is 1. The van der Waals surface area contributed by atoms with E-state index in [4.69, 9.17) is 4.74 Å². The van der Waals surface area contributed by atoms with E-state index in [0.29, 0.717) is 0 Å². The van der Waals surface area contributed by atoms with Gasteiger partial charge in [-0.05, 0) is 30.2 Å². The van der Waals surface area contributed by atoms with Gasteiger partial charge in [-0.2, -0.15) is 0 Å². The van der Waals surface area contributed by atoms with Crippen LogP contribution in [-0.4, -0.2) is 18.3 Å². The Morgan fingerprint density at radius 1 is 1.07 bits per heavy atom. The van der Waals surface area contributed by atoms with Gasteiger partial charge in [0.25, 0.3) is 0 Å². The largest absolute Gasteiger partial charge is 0.384 e. The maximum absolute atomic E-state index is 5.11. The van der Waals surface area contributed by atoms with Crippen molar-refractivity contribution in [3.63, 3.8) is 0 Å². The van der Waals surface area contributed by atoms with Crippen molar-refractivity contribution in [1.29, 1.82) is 0 Å². The lowest BCUT2D eigenvalue weighted by molar-refractivity contribution is 0.202. The van der Waals surface area contributed by atoms with Gasteiger partial charge in [0.1, 0.15) is 0 Å². The minimum absolute atomic E-state index is 0.762. The normalized spacial score (nSPS) is 10.5. The number of ether oxygens (including phenoxy) is 1. The molecule has 0 bridgehead atoms. The fourth-order valence-electron chi connectivity index (χ4n) is 1.68. The Hall–Kier alpha value is -1.54. The molecule has 0 saturated carbocycles. The summed E-state index contributed by atoms with van der Waals surface area (Å²) in [6, 6.07) is 12.5. The smallest absolute Gasteiger partial charge is 0.0503 e. The third kappa shape index (κ3) is 2.28. The van der Waals surface area contributed by atoms with Crippen LogP contribution in [0.15, 0.2) is 48.8 Å². The number of para-hydroxylation sites is 1. The lowest BCUT2D eigenvalue weighted by Gasteiger charge is -2.09. The molecule has 2 rings (SSSR count). The van der Waals surface area contributed by atoms with Crippen molar-refractivity contribution >= 4 is 0 Å². The van der Waals surface area contributed by atoms with E-state index < -0.39 is 0 Å². The zero-order chi connectivity index (χ0) is 10.5. The van der Waals surface area contributed by atoms with Crippen LogP contribution in [0.4, 0.5) is 0 Å². The Balaban J connectivity index is 2.30. The fourth-order valence-corrected chi connectivity index (χ4v) is 1.68. The number of methoxy groups -OCH3 is 1. The van der Waals surface area contributed by atoms with E-state index >= 15 is 0 Å². The summed E-state index contributed by atoms with van der Waals surface area (Å²) in [5.41, 5.74) is 2.55. The van der Waals surface area contributed by atoms with Crippen molar-refractivity contribution in [2.75, 3.05) is 13.7 Å². The molecule has 0 spiro atoms. The van der Waals surface area contributed by atoms with E-state index in [9.17, 15) is 0 Å². The number of hydrogen-bond donors (Lipinski definition) is 0. The Morgan fingerprint density at radius 2 is 1.80 bits per heavy atom. The van der Waals surface area contributed by atoms with Crippen LogP contribution in [0.2, 0.25) is 0 Å². The van der Waals surface area contributed by atoms with Gasteiger partial charge in [0.2, 0.25) is 0 Å². The molecule has 0 unspecified atom stereocenters. The molecule has 0 saturated heterocycles. The zero-order valence-corrected chi connectivity index (χ0v) is 8.89. The monoisotopic (exact) mass is 201 g/mol. The number of aromatic nitrogens is 1. The highest BCUT2D eigenvalue weighted by Crippen LogP contribution is 2.15. The van der Waals surface area contributed by atoms with Crippen LogP contribution in [0.1, 0.15) is 5.56 Å². The molecule has 0 aliphatic rings. The highest BCUT2D eigenvalue weighted by Gasteiger charge is 2.01. The zero-order valence-electron chi connectivity index (χ0n) is 8.89. The van der Waals surface area contributed by atoms with Crippen LogP contribution < -0.4 is 0 Å². The molecule has 2 heteroatoms. The molecule has 0 fully saturated rings. The van der Waals surface area contributed by atoms with Gasteiger partial charge in [0, 0.05) is 25.2 Å². The summed E-state index contributed by atoms with van der Waals surface area (Å²) in [5, 5.41) is 0. The molecule has 0 radical (unpaired) electrons. The van der Waals surface area contributed by atoms with E-state index in [1.807, 2.05) is 12.1 Å². The predicted octanol–water partition coefficient (Wildman–Crippen LogP) is 2.67. The maximum Gasteiger partial charge on any atom is 0.0503 e. The van der Waals surface area contributed by atoms with Gasteiger partial charge >= 0.3 is 0 Å². The molecular weight excluding hydrogens is 186 g/mol. The average molecular weight is 201 g/mol. The lowest BCUT2D eigenvalue weighted by atomic mass is 10.1. The van der Waals surface area contributed by atoms with E-state index in [0.717, 1.165) is 13.0 Å². The third-order valence-electron chi connectivity index (χ3n) is 2.45. The summed E-state index contributed by atoms with van der Waals surface area (Å²) < 4.78 is 7.24. The summed E-state index contributed by atoms with van der Waals surface area (Å²) in [6.45, 7) is 0.762. The molecule has 0 aliphatic carbocycles. The first-order chi connectivity index (χ1) is 7.42. The van der Waals surface area contributed by atoms with Gasteiger partial charge in [0.15, 0.2) is 0 Å². The van der Waals surface area contributed by atoms with Gasteiger partial charge in [-0.1, -0.05) is 18.2 Å². The van der Waals surface area contributed by atoms with Crippen LogP contribution in [0, 0.1) is 0 Å². The van der Waals surface area contributed by atoms with Crippen molar-refractivity contribution < 1.29 is 4.74 Å². The molecule has 1 aromatic heterocycles. The van der Waals surface area contributed by atoms with Crippen LogP contribution in [-0.2, 0) is 11.2 Å². The molecule has 0 amide bonds. The first-order valence-electron chi connectivity index (χ1n) is 5.12. The summed E-state index contributed by atoms with van der Waals surface area (Å²) in [7, 11) is 1.73. The van der Waals surface area contributed by atoms with Crippen molar-refractivity contribution in [3.05, 3.63) is 54.4 Å². The summed E-state index contributed by atoms with van der Waals surface area (Å²) in [5.74, 6) is 0. The van der Waals surface area contributed by atoms with Gasteiger partial charge in [-0.15, -0.1) is 0 Å². The topological polar surface area (TPSA) is 14.2 Å². The van der Waals surface area contributed by atoms with E-state index in [1.165, 1.54) is 11.3 Å². The van der Waals surface area contributed by atoms with Crippen molar-refractivity contribution in [1.82, 2.24) is 4.57 Å². The van der Waals surface area contributed by atoms with E-state index in [-0.39, 0.29) is 0 Å². The molecule has 2 nitrogen and oxygen atoms in total. The molecule has 0 aliphatic heterocycles. The van der Waals surface area contributed by atoms with Gasteiger partial charge in [0.05, 0.1) is 6.61 Å². The Kier molecular flexibility index (Phi) is 3.20. The fraction of sp³-hybridized carbons (Fsp3) is 0.231. The number of benzene rings is 1. The van der Waals surface area contributed by atoms with Crippen LogP contribution in [0.5, 0.6) is 0 Å². The SMILES string of the molecule is COCCc1ccccc1-n1cccc1. The van der Waals surface area contributed by atoms with Gasteiger partial charge in [-0.25, -0.2) is 0 Å². The predicted molar refractivity (Wildman–Crippen MR) is 61.3 cm³/mol. The molecule has 2 aromatic rings. The van der Waals surface area contributed by atoms with Crippen LogP contribution in [0.25, 0.3) is 5.69 Å². The second-order valence-corrected chi connectivity index (χ2v) is 3.46. The molecule has 15 heavy (non-hydrogen) atoms. The minimum Gasteiger partial charge on any atom is -0.384 e. The Bertz CT molecular complexity index is 406. The van der Waals surface area contributed by atoms with E-state index in [2.05, 4.69) is 41.2 Å². The molecule has 1 heterocycles. The van der Waals surface area contributed by atoms with Gasteiger partial charge < -0.3 is 9.30 Å². The quantitative estimate of drug-likeness (QED) is 0.741. The third-order valence-corrected chi connectivity index (χ3v) is 2.45. The first kappa shape index (κ1) is 9.99. The Labute approximate surface area is 90.1 Å². The molecule has 0 N–H and O–H groups in total. The van der Waals surface area contributed by atoms with Crippen LogP contribution >= 0.6 is 0 Å². The minimum atomic E-state index is 0.762. The lowest BCUT2D eigenvalue weighted by Crippen LogP contribution is -2.00. The summed E-state index contributed by atoms with van der Waals surface area (Å²) in [6.07, 6.45) is 5.07. The second kappa shape index (κ2) is 4.80. The summed E-state index contributed by atoms with van der Waals surface area (Å²) in [4.78, 5) is 0. The standard InChI is InChI=1S/C13H15NO/c1-15-11-8-12-6-2-3-7-13(12)14-9-4-5-10-14/h2-7,9-10H,8,11H2,1H3. The highest BCUT2D eigenvalue weighted by atomic mass is 16.5. The number of rotatable bonds is 4. The molecule has 0 atom stereocenters. The van der Waals surface area contributed by atoms with Crippen molar-refractivity contribution in [2.45, 2.75) is 6.42 Å². The van der Waals surface area contributed by atoms with Crippen LogP contribution in [0.3, 0.4) is 0 Å². The highest BCUT2D eigenvalue weighted by molar-refractivity contribution is 5.41. The van der Waals surface area contributed by atoms with Crippen molar-refractivity contribution in [3.8, 4) is 5.69 Å². The van der Waals surface area contributed by atoms with Crippen molar-refractivity contribution in [2.24, 2.45) is 0 Å². The molecule has 1 aromatic carbocycles.